The molecular formula is C53H88O7. The molecule has 0 aromatic heterocycles. The first-order valence-corrected chi connectivity index (χ1v) is 25.0. The van der Waals surface area contributed by atoms with Gasteiger partial charge in [0.15, 0.2) is 6.29 Å². The van der Waals surface area contributed by atoms with Gasteiger partial charge in [0.05, 0.1) is 6.10 Å². The molecule has 1 heterocycles. The molecule has 0 aromatic carbocycles. The van der Waals surface area contributed by atoms with Crippen LogP contribution >= 0.6 is 0 Å². The SMILES string of the molecule is CC/C=C\C/C=C\C/C=C\CCCCCCCC(=O)OCC1OC(OC2CCC3(C)C(=CCC4C3CCC3(C)C(C(C)CCC(CC)C(C)C)CCC43)C2)C(O)C(O)C1O. The molecule has 14 unspecified atom stereocenters. The molecule has 14 atom stereocenters. The monoisotopic (exact) mass is 837 g/mol. The predicted octanol–water partition coefficient (Wildman–Crippen LogP) is 12.0. The maximum Gasteiger partial charge on any atom is 0.305 e. The predicted molar refractivity (Wildman–Crippen MR) is 244 cm³/mol. The lowest BCUT2D eigenvalue weighted by Crippen LogP contribution is -2.60. The normalized spacial score (nSPS) is 36.7. The van der Waals surface area contributed by atoms with Crippen molar-refractivity contribution in [1.29, 1.82) is 0 Å². The Bertz CT molecular complexity index is 1420. The zero-order chi connectivity index (χ0) is 43.3. The Morgan fingerprint density at radius 2 is 1.55 bits per heavy atom. The number of hydrogen-bond acceptors (Lipinski definition) is 7. The molecule has 5 aliphatic rings. The van der Waals surface area contributed by atoms with Crippen molar-refractivity contribution in [2.75, 3.05) is 6.61 Å². The number of carbonyl (C=O) groups is 1. The number of aliphatic hydroxyl groups is 3. The molecule has 60 heavy (non-hydrogen) atoms. The number of carbonyl (C=O) groups excluding carboxylic acids is 1. The summed E-state index contributed by atoms with van der Waals surface area (Å²) in [5.41, 5.74) is 2.11. The van der Waals surface area contributed by atoms with Crippen molar-refractivity contribution in [3.8, 4) is 0 Å². The minimum atomic E-state index is -1.45. The molecule has 4 fully saturated rings. The molecule has 0 bridgehead atoms. The highest BCUT2D eigenvalue weighted by molar-refractivity contribution is 5.69. The summed E-state index contributed by atoms with van der Waals surface area (Å²) >= 11 is 0. The van der Waals surface area contributed by atoms with E-state index < -0.39 is 30.7 Å². The number of ether oxygens (including phenoxy) is 3. The van der Waals surface area contributed by atoms with Crippen molar-refractivity contribution in [2.24, 2.45) is 52.3 Å². The number of fused-ring (bicyclic) bond motifs is 5. The zero-order valence-corrected chi connectivity index (χ0v) is 39.1. The van der Waals surface area contributed by atoms with Gasteiger partial charge in [0.2, 0.25) is 0 Å². The van der Waals surface area contributed by atoms with Crippen LogP contribution in [-0.2, 0) is 19.0 Å². The van der Waals surface area contributed by atoms with E-state index >= 15 is 0 Å². The fourth-order valence-corrected chi connectivity index (χ4v) is 12.9. The maximum atomic E-state index is 12.6. The molecule has 7 heteroatoms. The third-order valence-electron chi connectivity index (χ3n) is 16.7. The van der Waals surface area contributed by atoms with Gasteiger partial charge in [0, 0.05) is 6.42 Å². The quantitative estimate of drug-likeness (QED) is 0.0535. The highest BCUT2D eigenvalue weighted by atomic mass is 16.7. The molecule has 7 nitrogen and oxygen atoms in total. The van der Waals surface area contributed by atoms with E-state index in [-0.39, 0.29) is 24.1 Å². The molecule has 4 aliphatic carbocycles. The summed E-state index contributed by atoms with van der Waals surface area (Å²) in [5, 5.41) is 32.5. The van der Waals surface area contributed by atoms with Crippen LogP contribution in [0.2, 0.25) is 0 Å². The fraction of sp³-hybridized carbons (Fsp3) is 0.830. The third-order valence-corrected chi connectivity index (χ3v) is 16.7. The lowest BCUT2D eigenvalue weighted by molar-refractivity contribution is -0.313. The lowest BCUT2D eigenvalue weighted by Gasteiger charge is -2.58. The minimum Gasteiger partial charge on any atom is -0.463 e. The first kappa shape index (κ1) is 49.2. The Hall–Kier alpha value is -1.77. The topological polar surface area (TPSA) is 105 Å². The Kier molecular flexibility index (Phi) is 19.5. The van der Waals surface area contributed by atoms with Crippen molar-refractivity contribution in [3.05, 3.63) is 48.1 Å². The van der Waals surface area contributed by atoms with Crippen LogP contribution in [-0.4, -0.2) is 64.7 Å². The molecular weight excluding hydrogens is 749 g/mol. The van der Waals surface area contributed by atoms with Crippen LogP contribution in [0.25, 0.3) is 0 Å². The summed E-state index contributed by atoms with van der Waals surface area (Å²) in [5.74, 6) is 5.19. The van der Waals surface area contributed by atoms with Gasteiger partial charge >= 0.3 is 5.97 Å². The molecule has 1 aliphatic heterocycles. The Labute approximate surface area is 366 Å². The number of hydrogen-bond donors (Lipinski definition) is 3. The molecule has 0 radical (unpaired) electrons. The summed E-state index contributed by atoms with van der Waals surface area (Å²) in [6.45, 7) is 16.9. The molecule has 342 valence electrons. The Morgan fingerprint density at radius 1 is 0.833 bits per heavy atom. The van der Waals surface area contributed by atoms with Crippen LogP contribution in [0.5, 0.6) is 0 Å². The summed E-state index contributed by atoms with van der Waals surface area (Å²) < 4.78 is 18.0. The highest BCUT2D eigenvalue weighted by Crippen LogP contribution is 2.67. The largest absolute Gasteiger partial charge is 0.463 e. The van der Waals surface area contributed by atoms with E-state index in [0.29, 0.717) is 17.8 Å². The van der Waals surface area contributed by atoms with Crippen LogP contribution in [0.1, 0.15) is 183 Å². The van der Waals surface area contributed by atoms with Gasteiger partial charge in [-0.05, 0) is 149 Å². The van der Waals surface area contributed by atoms with Crippen LogP contribution in [0.3, 0.4) is 0 Å². The van der Waals surface area contributed by atoms with Crippen LogP contribution in [0.4, 0.5) is 0 Å². The summed E-state index contributed by atoms with van der Waals surface area (Å²) in [4.78, 5) is 12.6. The fourth-order valence-electron chi connectivity index (χ4n) is 12.9. The molecule has 3 saturated carbocycles. The van der Waals surface area contributed by atoms with Crippen molar-refractivity contribution in [3.63, 3.8) is 0 Å². The summed E-state index contributed by atoms with van der Waals surface area (Å²) in [6.07, 6.45) is 32.3. The van der Waals surface area contributed by atoms with Gasteiger partial charge in [0.1, 0.15) is 31.0 Å². The number of rotatable bonds is 23. The van der Waals surface area contributed by atoms with E-state index in [1.165, 1.54) is 50.5 Å². The van der Waals surface area contributed by atoms with Crippen molar-refractivity contribution < 1.29 is 34.3 Å². The summed E-state index contributed by atoms with van der Waals surface area (Å²) in [6, 6.07) is 0. The van der Waals surface area contributed by atoms with Crippen molar-refractivity contribution >= 4 is 5.97 Å². The molecule has 0 amide bonds. The van der Waals surface area contributed by atoms with Crippen LogP contribution in [0, 0.1) is 52.3 Å². The van der Waals surface area contributed by atoms with Crippen LogP contribution < -0.4 is 0 Å². The Morgan fingerprint density at radius 3 is 2.28 bits per heavy atom. The number of unbranched alkanes of at least 4 members (excludes halogenated alkanes) is 5. The van der Waals surface area contributed by atoms with E-state index in [1.54, 1.807) is 0 Å². The van der Waals surface area contributed by atoms with E-state index in [0.717, 1.165) is 119 Å². The average molecular weight is 837 g/mol. The van der Waals surface area contributed by atoms with E-state index in [4.69, 9.17) is 14.2 Å². The third kappa shape index (κ3) is 12.5. The highest BCUT2D eigenvalue weighted by Gasteiger charge is 2.59. The van der Waals surface area contributed by atoms with Gasteiger partial charge < -0.3 is 29.5 Å². The molecule has 0 aromatic rings. The first-order chi connectivity index (χ1) is 28.8. The van der Waals surface area contributed by atoms with Crippen molar-refractivity contribution in [1.82, 2.24) is 0 Å². The van der Waals surface area contributed by atoms with Gasteiger partial charge in [-0.3, -0.25) is 4.79 Å². The molecule has 3 N–H and O–H groups in total. The van der Waals surface area contributed by atoms with Gasteiger partial charge in [-0.15, -0.1) is 0 Å². The van der Waals surface area contributed by atoms with Gasteiger partial charge in [0.25, 0.3) is 0 Å². The zero-order valence-electron chi connectivity index (χ0n) is 39.1. The minimum absolute atomic E-state index is 0.148. The number of allylic oxidation sites excluding steroid dienone is 7. The van der Waals surface area contributed by atoms with Crippen molar-refractivity contribution in [2.45, 2.75) is 220 Å². The second-order valence-electron chi connectivity index (χ2n) is 20.8. The first-order valence-electron chi connectivity index (χ1n) is 25.0. The van der Waals surface area contributed by atoms with E-state index in [1.807, 2.05) is 0 Å². The van der Waals surface area contributed by atoms with Crippen LogP contribution in [0.15, 0.2) is 48.1 Å². The standard InChI is InChI=1S/C53H88O7/c1-8-10-11-12-13-14-15-16-17-18-19-20-21-22-23-24-47(54)58-36-46-48(55)49(56)50(57)51(60-46)59-41-31-33-52(6)40(35-41)27-28-42-44-30-29-43(53(44,7)34-32-45(42)52)38(5)25-26-39(9-2)37(3)4/h10-11,13-14,16-17,27,37-39,41-46,48-51,55-57H,8-9,12,15,18-26,28-36H2,1-7H3/b11-10-,14-13-,17-16-. The maximum absolute atomic E-state index is 12.6. The van der Waals surface area contributed by atoms with Gasteiger partial charge in [-0.2, -0.15) is 0 Å². The molecule has 5 rings (SSSR count). The smallest absolute Gasteiger partial charge is 0.305 e. The second-order valence-corrected chi connectivity index (χ2v) is 20.8. The summed E-state index contributed by atoms with van der Waals surface area (Å²) in [7, 11) is 0. The average Bonchev–Trinajstić information content (AvgIpc) is 3.59. The number of esters is 1. The van der Waals surface area contributed by atoms with E-state index in [9.17, 15) is 20.1 Å². The number of aliphatic hydroxyl groups excluding tert-OH is 3. The Balaban J connectivity index is 1.03. The molecule has 0 spiro atoms. The van der Waals surface area contributed by atoms with Gasteiger partial charge in [-0.25, -0.2) is 0 Å². The van der Waals surface area contributed by atoms with Gasteiger partial charge in [-0.1, -0.05) is 129 Å². The second kappa shape index (κ2) is 23.8. The van der Waals surface area contributed by atoms with E-state index in [2.05, 4.69) is 91.0 Å². The lowest BCUT2D eigenvalue weighted by atomic mass is 9.47. The molecule has 1 saturated heterocycles.